The van der Waals surface area contributed by atoms with Crippen molar-refractivity contribution in [1.29, 1.82) is 0 Å². The van der Waals surface area contributed by atoms with Crippen LogP contribution in [0.15, 0.2) is 24.3 Å². The molecular weight excluding hydrogens is 312 g/mol. The molecule has 2 saturated heterocycles. The Morgan fingerprint density at radius 1 is 1.08 bits per heavy atom. The molecule has 1 saturated carbocycles. The lowest BCUT2D eigenvalue weighted by molar-refractivity contribution is -0.125. The monoisotopic (exact) mass is 340 g/mol. The van der Waals surface area contributed by atoms with E-state index in [1.165, 1.54) is 36.9 Å². The molecule has 1 amide bonds. The van der Waals surface area contributed by atoms with Gasteiger partial charge in [0.05, 0.1) is 11.5 Å². The number of anilines is 1. The number of nitrogens with zero attached hydrogens (tertiary/aromatic N) is 2. The Labute approximate surface area is 150 Å². The molecule has 1 atom stereocenters. The van der Waals surface area contributed by atoms with Crippen molar-refractivity contribution in [2.75, 3.05) is 37.7 Å². The molecule has 1 aromatic rings. The molecule has 1 aliphatic carbocycles. The van der Waals surface area contributed by atoms with Crippen LogP contribution in [0.2, 0.25) is 0 Å². The van der Waals surface area contributed by atoms with E-state index in [4.69, 9.17) is 4.74 Å². The van der Waals surface area contributed by atoms with E-state index < -0.39 is 0 Å². The van der Waals surface area contributed by atoms with Crippen LogP contribution >= 0.6 is 0 Å². The largest absolute Gasteiger partial charge is 0.377 e. The fourth-order valence-electron chi connectivity index (χ4n) is 5.01. The number of hydrogen-bond donors (Lipinski definition) is 0. The summed E-state index contributed by atoms with van der Waals surface area (Å²) in [6, 6.07) is 8.55. The van der Waals surface area contributed by atoms with Crippen LogP contribution in [-0.4, -0.2) is 49.7 Å². The molecule has 0 N–H and O–H groups in total. The maximum atomic E-state index is 13.4. The van der Waals surface area contributed by atoms with Crippen molar-refractivity contribution in [2.24, 2.45) is 5.92 Å². The maximum absolute atomic E-state index is 13.4. The number of hydrogen-bond acceptors (Lipinski definition) is 3. The van der Waals surface area contributed by atoms with Crippen molar-refractivity contribution in [1.82, 2.24) is 4.90 Å². The number of carbonyl (C=O) groups excluding carboxylic acids is 1. The summed E-state index contributed by atoms with van der Waals surface area (Å²) < 4.78 is 5.80. The molecule has 3 aliphatic heterocycles. The van der Waals surface area contributed by atoms with Crippen LogP contribution in [0.4, 0.5) is 5.69 Å². The predicted molar refractivity (Wildman–Crippen MR) is 97.8 cm³/mol. The van der Waals surface area contributed by atoms with Gasteiger partial charge in [-0.15, -0.1) is 0 Å². The van der Waals surface area contributed by atoms with Gasteiger partial charge in [-0.2, -0.15) is 0 Å². The zero-order chi connectivity index (χ0) is 16.9. The molecule has 4 nitrogen and oxygen atoms in total. The lowest BCUT2D eigenvalue weighted by atomic mass is 9.73. The van der Waals surface area contributed by atoms with Gasteiger partial charge in [0.25, 0.3) is 0 Å². The first kappa shape index (κ1) is 15.8. The van der Waals surface area contributed by atoms with Gasteiger partial charge in [-0.25, -0.2) is 0 Å². The smallest absolute Gasteiger partial charge is 0.237 e. The number of ether oxygens (including phenoxy) is 1. The average molecular weight is 340 g/mol. The highest BCUT2D eigenvalue weighted by atomic mass is 16.5. The van der Waals surface area contributed by atoms with Gasteiger partial charge in [-0.3, -0.25) is 4.79 Å². The SMILES string of the molecule is O=C1N(CC2CC2)c2ccccc2C12CCN(CC1CCCO1)CC2. The molecule has 4 aliphatic rings. The van der Waals surface area contributed by atoms with Crippen molar-refractivity contribution < 1.29 is 9.53 Å². The number of piperidine rings is 1. The Balaban J connectivity index is 1.35. The highest BCUT2D eigenvalue weighted by molar-refractivity contribution is 6.08. The van der Waals surface area contributed by atoms with Crippen molar-refractivity contribution >= 4 is 11.6 Å². The van der Waals surface area contributed by atoms with Crippen LogP contribution in [0, 0.1) is 5.92 Å². The summed E-state index contributed by atoms with van der Waals surface area (Å²) in [4.78, 5) is 18.1. The van der Waals surface area contributed by atoms with E-state index in [0.29, 0.717) is 12.0 Å². The average Bonchev–Trinajstić information content (AvgIpc) is 3.28. The Hall–Kier alpha value is -1.39. The van der Waals surface area contributed by atoms with Crippen molar-refractivity contribution in [2.45, 2.75) is 50.0 Å². The Morgan fingerprint density at radius 2 is 1.88 bits per heavy atom. The minimum absolute atomic E-state index is 0.265. The van der Waals surface area contributed by atoms with Crippen LogP contribution in [0.5, 0.6) is 0 Å². The molecule has 0 bridgehead atoms. The Morgan fingerprint density at radius 3 is 2.60 bits per heavy atom. The topological polar surface area (TPSA) is 32.8 Å². The summed E-state index contributed by atoms with van der Waals surface area (Å²) in [5.74, 6) is 1.10. The normalized spacial score (nSPS) is 28.7. The third-order valence-corrected chi connectivity index (χ3v) is 6.70. The molecular formula is C21H28N2O2. The fourth-order valence-corrected chi connectivity index (χ4v) is 5.01. The molecule has 5 rings (SSSR count). The van der Waals surface area contributed by atoms with E-state index in [1.807, 2.05) is 0 Å². The van der Waals surface area contributed by atoms with Crippen molar-refractivity contribution in [3.63, 3.8) is 0 Å². The molecule has 3 heterocycles. The van der Waals surface area contributed by atoms with Gasteiger partial charge in [0.2, 0.25) is 5.91 Å². The highest BCUT2D eigenvalue weighted by Gasteiger charge is 2.52. The van der Waals surface area contributed by atoms with Crippen LogP contribution in [0.1, 0.15) is 44.1 Å². The summed E-state index contributed by atoms with van der Waals surface area (Å²) in [7, 11) is 0. The number of rotatable bonds is 4. The first-order chi connectivity index (χ1) is 12.3. The molecule has 4 heteroatoms. The summed E-state index contributed by atoms with van der Waals surface area (Å²) in [5.41, 5.74) is 2.21. The number of carbonyl (C=O) groups is 1. The molecule has 25 heavy (non-hydrogen) atoms. The lowest BCUT2D eigenvalue weighted by Gasteiger charge is -2.39. The van der Waals surface area contributed by atoms with Gasteiger partial charge in [0.15, 0.2) is 0 Å². The van der Waals surface area contributed by atoms with Crippen molar-refractivity contribution in [3.8, 4) is 0 Å². The van der Waals surface area contributed by atoms with Crippen LogP contribution in [0.25, 0.3) is 0 Å². The fraction of sp³-hybridized carbons (Fsp3) is 0.667. The van der Waals surface area contributed by atoms with E-state index in [9.17, 15) is 4.79 Å². The second kappa shape index (κ2) is 6.10. The number of benzene rings is 1. The van der Waals surface area contributed by atoms with Gasteiger partial charge in [0, 0.05) is 25.4 Å². The van der Waals surface area contributed by atoms with E-state index in [0.717, 1.165) is 51.5 Å². The quantitative estimate of drug-likeness (QED) is 0.845. The van der Waals surface area contributed by atoms with Crippen LogP contribution < -0.4 is 4.90 Å². The van der Waals surface area contributed by atoms with Gasteiger partial charge in [-0.1, -0.05) is 18.2 Å². The van der Waals surface area contributed by atoms with Crippen LogP contribution in [-0.2, 0) is 14.9 Å². The van der Waals surface area contributed by atoms with E-state index in [2.05, 4.69) is 34.1 Å². The van der Waals surface area contributed by atoms with Gasteiger partial charge < -0.3 is 14.5 Å². The van der Waals surface area contributed by atoms with E-state index in [-0.39, 0.29) is 5.41 Å². The predicted octanol–water partition coefficient (Wildman–Crippen LogP) is 2.96. The van der Waals surface area contributed by atoms with E-state index in [1.54, 1.807) is 0 Å². The van der Waals surface area contributed by atoms with Crippen LogP contribution in [0.3, 0.4) is 0 Å². The molecule has 1 aromatic carbocycles. The number of fused-ring (bicyclic) bond motifs is 2. The summed E-state index contributed by atoms with van der Waals surface area (Å²) in [5, 5.41) is 0. The highest BCUT2D eigenvalue weighted by Crippen LogP contribution is 2.49. The standard InChI is InChI=1S/C21H28N2O2/c24-20-21(9-11-22(12-10-21)15-17-4-3-13-25-17)18-5-1-2-6-19(18)23(20)14-16-7-8-16/h1-2,5-6,16-17H,3-4,7-15H2. The third-order valence-electron chi connectivity index (χ3n) is 6.70. The number of likely N-dealkylation sites (tertiary alicyclic amines) is 1. The third kappa shape index (κ3) is 2.70. The Bertz CT molecular complexity index is 656. The van der Waals surface area contributed by atoms with Gasteiger partial charge in [0.1, 0.15) is 0 Å². The summed E-state index contributed by atoms with van der Waals surface area (Å²) >= 11 is 0. The first-order valence-corrected chi connectivity index (χ1v) is 10.0. The zero-order valence-electron chi connectivity index (χ0n) is 15.0. The minimum Gasteiger partial charge on any atom is -0.377 e. The molecule has 0 radical (unpaired) electrons. The number of amides is 1. The van der Waals surface area contributed by atoms with E-state index >= 15 is 0 Å². The second-order valence-corrected chi connectivity index (χ2v) is 8.39. The van der Waals surface area contributed by atoms with Gasteiger partial charge in [-0.05, 0) is 69.2 Å². The Kier molecular flexibility index (Phi) is 3.86. The maximum Gasteiger partial charge on any atom is 0.237 e. The summed E-state index contributed by atoms with van der Waals surface area (Å²) in [6.07, 6.45) is 7.28. The zero-order valence-corrected chi connectivity index (χ0v) is 15.0. The lowest BCUT2D eigenvalue weighted by Crippen LogP contribution is -2.50. The molecule has 3 fully saturated rings. The number of para-hydroxylation sites is 1. The second-order valence-electron chi connectivity index (χ2n) is 8.39. The van der Waals surface area contributed by atoms with Crippen molar-refractivity contribution in [3.05, 3.63) is 29.8 Å². The first-order valence-electron chi connectivity index (χ1n) is 10.0. The summed E-state index contributed by atoms with van der Waals surface area (Å²) in [6.45, 7) is 4.91. The molecule has 134 valence electrons. The molecule has 1 spiro atoms. The van der Waals surface area contributed by atoms with Gasteiger partial charge >= 0.3 is 0 Å². The molecule has 0 aromatic heterocycles. The minimum atomic E-state index is -0.265. The molecule has 1 unspecified atom stereocenters.